The molecule has 4 aromatic rings. The zero-order valence-corrected chi connectivity index (χ0v) is 32.6. The third-order valence-electron chi connectivity index (χ3n) is 9.56. The molecule has 2 heterocycles. The predicted octanol–water partition coefficient (Wildman–Crippen LogP) is 8.22. The lowest BCUT2D eigenvalue weighted by Gasteiger charge is -2.42. The van der Waals surface area contributed by atoms with Crippen molar-refractivity contribution in [2.45, 2.75) is 95.7 Å². The average Bonchev–Trinajstić information content (AvgIpc) is 3.03. The van der Waals surface area contributed by atoms with Crippen LogP contribution in [0.25, 0.3) is 11.0 Å². The number of fused-ring (bicyclic) bond motifs is 1. The molecule has 0 aliphatic carbocycles. The second-order valence-corrected chi connectivity index (χ2v) is 24.9. The Morgan fingerprint density at radius 2 is 1.45 bits per heavy atom. The molecule has 0 amide bonds. The van der Waals surface area contributed by atoms with Gasteiger partial charge < -0.3 is 4.43 Å². The Morgan fingerprint density at radius 1 is 0.894 bits per heavy atom. The summed E-state index contributed by atoms with van der Waals surface area (Å²) in [6.07, 6.45) is 7.82. The first-order valence-corrected chi connectivity index (χ1v) is 22.0. The number of rotatable bonds is 11. The van der Waals surface area contributed by atoms with E-state index in [1.807, 2.05) is 24.6 Å². The number of hydrogen-bond donors (Lipinski definition) is 0. The number of thioether (sulfide) groups is 1. The summed E-state index contributed by atoms with van der Waals surface area (Å²) in [6.45, 7) is 21.4. The van der Waals surface area contributed by atoms with Crippen LogP contribution in [0, 0.1) is 11.5 Å². The predicted molar refractivity (Wildman–Crippen MR) is 206 cm³/mol. The molecule has 8 heteroatoms. The zero-order valence-electron chi connectivity index (χ0n) is 29.8. The molecule has 2 aromatic heterocycles. The van der Waals surface area contributed by atoms with Gasteiger partial charge in [0.25, 0.3) is 13.9 Å². The van der Waals surface area contributed by atoms with Gasteiger partial charge in [0.2, 0.25) is 0 Å². The van der Waals surface area contributed by atoms with Crippen molar-refractivity contribution in [1.29, 1.82) is 0 Å². The summed E-state index contributed by atoms with van der Waals surface area (Å²) in [4.78, 5) is 23.1. The first kappa shape index (κ1) is 36.6. The number of allylic oxidation sites excluding steroid dienone is 1. The maximum absolute atomic E-state index is 13.7. The van der Waals surface area contributed by atoms with Crippen molar-refractivity contribution in [2.24, 2.45) is 0 Å². The molecule has 0 aliphatic heterocycles. The summed E-state index contributed by atoms with van der Waals surface area (Å²) in [5, 5.41) is 3.81. The Kier molecular flexibility index (Phi) is 11.9. The van der Waals surface area contributed by atoms with Crippen LogP contribution in [0.4, 0.5) is 0 Å². The first-order chi connectivity index (χ1) is 22.3. The summed E-state index contributed by atoms with van der Waals surface area (Å²) >= 11 is 1.47. The van der Waals surface area contributed by atoms with Crippen molar-refractivity contribution in [3.63, 3.8) is 0 Å². The van der Waals surface area contributed by atoms with E-state index in [1.54, 1.807) is 10.6 Å². The molecule has 4 rings (SSSR count). The van der Waals surface area contributed by atoms with Crippen LogP contribution in [-0.2, 0) is 11.0 Å². The highest BCUT2D eigenvalue weighted by Crippen LogP contribution is 2.41. The van der Waals surface area contributed by atoms with Gasteiger partial charge in [-0.05, 0) is 38.3 Å². The first-order valence-electron chi connectivity index (χ1n) is 16.7. The number of hydrogen-bond acceptors (Lipinski definition) is 5. The molecule has 0 N–H and O–H groups in total. The fraction of sp³-hybridized carbons (Fsp3) is 0.410. The van der Waals surface area contributed by atoms with Gasteiger partial charge in [-0.1, -0.05) is 153 Å². The highest BCUT2D eigenvalue weighted by Gasteiger charge is 2.50. The van der Waals surface area contributed by atoms with E-state index < -0.39 is 16.4 Å². The van der Waals surface area contributed by atoms with Crippen molar-refractivity contribution in [3.05, 3.63) is 101 Å². The molecule has 0 spiro atoms. The normalized spacial score (nSPS) is 12.8. The van der Waals surface area contributed by atoms with E-state index >= 15 is 0 Å². The zero-order chi connectivity index (χ0) is 34.4. The second-order valence-electron chi connectivity index (χ2n) is 14.2. The molecule has 0 bridgehead atoms. The Morgan fingerprint density at radius 3 is 1.94 bits per heavy atom. The largest absolute Gasteiger partial charge is 0.404 e. The standard InChI is InChI=1S/C39H51N3O2SSi2/c1-29(2)46(30(3)4,31(5)6)26-23-32-27-36(43)42(37-35(32)28-40-38(41-37)45-10)24-17-18-25-44-47(39(7,8)9,33-19-13-11-14-20-33)34-21-15-12-16-22-34/h11-22,27-31H,24-25H2,1-10H3/b18-17-. The molecular weight excluding hydrogens is 631 g/mol. The summed E-state index contributed by atoms with van der Waals surface area (Å²) < 4.78 is 8.74. The molecule has 47 heavy (non-hydrogen) atoms. The third-order valence-corrected chi connectivity index (χ3v) is 21.4. The van der Waals surface area contributed by atoms with Gasteiger partial charge in [-0.15, -0.1) is 5.54 Å². The van der Waals surface area contributed by atoms with Gasteiger partial charge in [-0.25, -0.2) is 9.97 Å². The van der Waals surface area contributed by atoms with E-state index in [2.05, 4.69) is 139 Å². The molecule has 0 unspecified atom stereocenters. The van der Waals surface area contributed by atoms with Gasteiger partial charge in [-0.3, -0.25) is 9.36 Å². The van der Waals surface area contributed by atoms with Gasteiger partial charge in [0.05, 0.1) is 12.0 Å². The van der Waals surface area contributed by atoms with Crippen LogP contribution in [0.3, 0.4) is 0 Å². The van der Waals surface area contributed by atoms with Crippen molar-refractivity contribution in [1.82, 2.24) is 14.5 Å². The van der Waals surface area contributed by atoms with Crippen LogP contribution in [0.15, 0.2) is 95.0 Å². The van der Waals surface area contributed by atoms with Crippen LogP contribution in [0.2, 0.25) is 21.7 Å². The molecule has 2 aromatic carbocycles. The number of aromatic nitrogens is 3. The minimum atomic E-state index is -2.66. The lowest BCUT2D eigenvalue weighted by atomic mass is 10.2. The third kappa shape index (κ3) is 7.44. The number of benzene rings is 2. The molecule has 0 aliphatic rings. The Hall–Kier alpha value is -3.23. The van der Waals surface area contributed by atoms with Gasteiger partial charge in [0.15, 0.2) is 5.16 Å². The molecule has 0 atom stereocenters. The van der Waals surface area contributed by atoms with E-state index in [-0.39, 0.29) is 10.6 Å². The maximum Gasteiger partial charge on any atom is 0.261 e. The van der Waals surface area contributed by atoms with E-state index in [0.717, 1.165) is 5.39 Å². The molecular formula is C39H51N3O2SSi2. The van der Waals surface area contributed by atoms with Gasteiger partial charge in [0.1, 0.15) is 13.7 Å². The second kappa shape index (κ2) is 15.3. The summed E-state index contributed by atoms with van der Waals surface area (Å²) in [6, 6.07) is 23.0. The monoisotopic (exact) mass is 681 g/mol. The topological polar surface area (TPSA) is 57.0 Å². The van der Waals surface area contributed by atoms with Crippen molar-refractivity contribution < 1.29 is 4.43 Å². The molecule has 0 radical (unpaired) electrons. The van der Waals surface area contributed by atoms with Crippen LogP contribution < -0.4 is 15.9 Å². The summed E-state index contributed by atoms with van der Waals surface area (Å²) in [5.74, 6) is 3.49. The molecule has 5 nitrogen and oxygen atoms in total. The van der Waals surface area contributed by atoms with Crippen LogP contribution in [0.1, 0.15) is 67.9 Å². The number of pyridine rings is 1. The SMILES string of the molecule is CSc1ncc2c(C#C[Si](C(C)C)(C(C)C)C(C)C)cc(=O)n(C/C=C\CO[Si](c3ccccc3)(c3ccccc3)C(C)(C)C)c2n1. The van der Waals surface area contributed by atoms with E-state index in [9.17, 15) is 4.79 Å². The fourth-order valence-electron chi connectivity index (χ4n) is 7.31. The lowest BCUT2D eigenvalue weighted by molar-refractivity contribution is 0.339. The van der Waals surface area contributed by atoms with E-state index in [4.69, 9.17) is 9.41 Å². The minimum absolute atomic E-state index is 0.111. The minimum Gasteiger partial charge on any atom is -0.404 e. The molecule has 0 saturated carbocycles. The summed E-state index contributed by atoms with van der Waals surface area (Å²) in [7, 11) is -4.65. The van der Waals surface area contributed by atoms with Crippen LogP contribution in [-0.4, -0.2) is 43.8 Å². The Balaban J connectivity index is 1.71. The van der Waals surface area contributed by atoms with Crippen molar-refractivity contribution in [3.8, 4) is 11.5 Å². The Labute approximate surface area is 288 Å². The highest BCUT2D eigenvalue weighted by molar-refractivity contribution is 7.98. The smallest absolute Gasteiger partial charge is 0.261 e. The van der Waals surface area contributed by atoms with Crippen molar-refractivity contribution >= 4 is 49.6 Å². The molecule has 248 valence electrons. The highest BCUT2D eigenvalue weighted by atomic mass is 32.2. The quantitative estimate of drug-likeness (QED) is 0.0525. The Bertz CT molecular complexity index is 1740. The molecule has 0 saturated heterocycles. The molecule has 0 fully saturated rings. The lowest BCUT2D eigenvalue weighted by Crippen LogP contribution is -2.66. The van der Waals surface area contributed by atoms with Gasteiger partial charge in [0, 0.05) is 24.4 Å². The fourth-order valence-corrected chi connectivity index (χ4v) is 17.4. The van der Waals surface area contributed by atoms with Crippen LogP contribution in [0.5, 0.6) is 0 Å². The maximum atomic E-state index is 13.7. The van der Waals surface area contributed by atoms with Gasteiger partial charge in [-0.2, -0.15) is 0 Å². The summed E-state index contributed by atoms with van der Waals surface area (Å²) in [5.41, 5.74) is 6.49. The number of nitrogens with zero attached hydrogens (tertiary/aromatic N) is 3. The van der Waals surface area contributed by atoms with E-state index in [0.29, 0.717) is 46.1 Å². The van der Waals surface area contributed by atoms with E-state index in [1.165, 1.54) is 22.1 Å². The van der Waals surface area contributed by atoms with Crippen LogP contribution >= 0.6 is 11.8 Å². The van der Waals surface area contributed by atoms with Crippen molar-refractivity contribution in [2.75, 3.05) is 12.9 Å². The average molecular weight is 682 g/mol. The van der Waals surface area contributed by atoms with Gasteiger partial charge >= 0.3 is 0 Å².